The van der Waals surface area contributed by atoms with Crippen LogP contribution < -0.4 is 14.8 Å². The second kappa shape index (κ2) is 7.31. The van der Waals surface area contributed by atoms with E-state index in [0.717, 1.165) is 12.0 Å². The van der Waals surface area contributed by atoms with Gasteiger partial charge in [-0.25, -0.2) is 0 Å². The van der Waals surface area contributed by atoms with Crippen molar-refractivity contribution in [3.8, 4) is 11.5 Å². The Bertz CT molecular complexity index is 483. The number of amides is 1. The van der Waals surface area contributed by atoms with Crippen molar-refractivity contribution in [2.75, 3.05) is 13.7 Å². The number of methoxy groups -OCH3 is 1. The number of aliphatic hydroxyl groups is 1. The van der Waals surface area contributed by atoms with E-state index in [-0.39, 0.29) is 18.1 Å². The fourth-order valence-corrected chi connectivity index (χ4v) is 1.71. The first-order valence-corrected chi connectivity index (χ1v) is 7.09. The Balaban J connectivity index is 2.69. The molecule has 0 aliphatic rings. The Morgan fingerprint density at radius 3 is 2.57 bits per heavy atom. The lowest BCUT2D eigenvalue weighted by atomic mass is 10.0. The van der Waals surface area contributed by atoms with E-state index in [1.165, 1.54) is 7.11 Å². The van der Waals surface area contributed by atoms with Crippen LogP contribution >= 0.6 is 0 Å². The normalized spacial score (nSPS) is 12.7. The number of rotatable bonds is 7. The molecule has 1 atom stereocenters. The monoisotopic (exact) mass is 295 g/mol. The number of aliphatic hydroxyl groups excluding tert-OH is 1. The lowest BCUT2D eigenvalue weighted by Crippen LogP contribution is -2.44. The third kappa shape index (κ3) is 5.27. The number of ether oxygens (including phenoxy) is 2. The summed E-state index contributed by atoms with van der Waals surface area (Å²) >= 11 is 0. The Hall–Kier alpha value is -1.75. The minimum absolute atomic E-state index is 0.0756. The topological polar surface area (TPSA) is 67.8 Å². The zero-order valence-electron chi connectivity index (χ0n) is 13.4. The van der Waals surface area contributed by atoms with Crippen molar-refractivity contribution in [2.24, 2.45) is 0 Å². The maximum Gasteiger partial charge on any atom is 0.258 e. The van der Waals surface area contributed by atoms with Gasteiger partial charge in [-0.1, -0.05) is 13.0 Å². The van der Waals surface area contributed by atoms with Gasteiger partial charge in [-0.2, -0.15) is 0 Å². The summed E-state index contributed by atoms with van der Waals surface area (Å²) in [6.07, 6.45) is 0.257. The van der Waals surface area contributed by atoms with E-state index >= 15 is 0 Å². The molecule has 0 aliphatic carbocycles. The Kier molecular flexibility index (Phi) is 6.03. The summed E-state index contributed by atoms with van der Waals surface area (Å²) in [4.78, 5) is 11.8. The molecule has 0 aliphatic heterocycles. The second-order valence-electron chi connectivity index (χ2n) is 5.66. The molecule has 1 aromatic carbocycles. The van der Waals surface area contributed by atoms with Crippen molar-refractivity contribution in [1.29, 1.82) is 0 Å². The number of hydrogen-bond donors (Lipinski definition) is 2. The Morgan fingerprint density at radius 2 is 2.05 bits per heavy atom. The van der Waals surface area contributed by atoms with Gasteiger partial charge in [0.1, 0.15) is 0 Å². The van der Waals surface area contributed by atoms with E-state index in [2.05, 4.69) is 5.32 Å². The average molecular weight is 295 g/mol. The highest BCUT2D eigenvalue weighted by molar-refractivity contribution is 5.78. The minimum atomic E-state index is -0.582. The zero-order chi connectivity index (χ0) is 16.0. The van der Waals surface area contributed by atoms with Gasteiger partial charge < -0.3 is 19.9 Å². The summed E-state index contributed by atoms with van der Waals surface area (Å²) in [6.45, 7) is 7.54. The van der Waals surface area contributed by atoms with Crippen molar-refractivity contribution < 1.29 is 19.4 Å². The molecule has 0 heterocycles. The van der Waals surface area contributed by atoms with E-state index in [0.29, 0.717) is 11.5 Å². The molecule has 0 aromatic heterocycles. The molecular formula is C16H25NO4. The Labute approximate surface area is 126 Å². The summed E-state index contributed by atoms with van der Waals surface area (Å²) in [7, 11) is 1.52. The molecule has 2 N–H and O–H groups in total. The standard InChI is InChI=1S/C16H25NO4/c1-6-16(3,4)17-15(19)10-21-13-8-7-12(11(2)18)9-14(13)20-5/h7-9,11,18H,6,10H2,1-5H3,(H,17,19)/t11-/m0/s1. The van der Waals surface area contributed by atoms with Crippen LogP contribution in [-0.4, -0.2) is 30.3 Å². The highest BCUT2D eigenvalue weighted by Gasteiger charge is 2.18. The molecule has 118 valence electrons. The molecule has 0 radical (unpaired) electrons. The van der Waals surface area contributed by atoms with Gasteiger partial charge in [-0.3, -0.25) is 4.79 Å². The molecule has 0 spiro atoms. The molecule has 1 rings (SSSR count). The summed E-state index contributed by atoms with van der Waals surface area (Å²) in [6, 6.07) is 5.14. The second-order valence-corrected chi connectivity index (χ2v) is 5.66. The van der Waals surface area contributed by atoms with Crippen LogP contribution in [0.1, 0.15) is 45.8 Å². The van der Waals surface area contributed by atoms with Crippen LogP contribution in [0.4, 0.5) is 0 Å². The lowest BCUT2D eigenvalue weighted by Gasteiger charge is -2.24. The molecule has 0 fully saturated rings. The number of carbonyl (C=O) groups excluding carboxylic acids is 1. The predicted octanol–water partition coefficient (Wildman–Crippen LogP) is 2.43. The first-order chi connectivity index (χ1) is 9.79. The number of carbonyl (C=O) groups is 1. The molecule has 0 saturated carbocycles. The summed E-state index contributed by atoms with van der Waals surface area (Å²) in [5.74, 6) is 0.797. The average Bonchev–Trinajstić information content (AvgIpc) is 2.44. The molecule has 0 unspecified atom stereocenters. The molecule has 5 nitrogen and oxygen atoms in total. The molecule has 21 heavy (non-hydrogen) atoms. The third-order valence-corrected chi connectivity index (χ3v) is 3.39. The van der Waals surface area contributed by atoms with Crippen LogP contribution in [0.5, 0.6) is 11.5 Å². The van der Waals surface area contributed by atoms with Crippen molar-refractivity contribution in [3.05, 3.63) is 23.8 Å². The van der Waals surface area contributed by atoms with Crippen LogP contribution in [-0.2, 0) is 4.79 Å². The van der Waals surface area contributed by atoms with Gasteiger partial charge in [0.05, 0.1) is 13.2 Å². The number of hydrogen-bond acceptors (Lipinski definition) is 4. The Morgan fingerprint density at radius 1 is 1.38 bits per heavy atom. The largest absolute Gasteiger partial charge is 0.493 e. The molecule has 0 saturated heterocycles. The minimum Gasteiger partial charge on any atom is -0.493 e. The SMILES string of the molecule is CCC(C)(C)NC(=O)COc1ccc([C@H](C)O)cc1OC. The molecular weight excluding hydrogens is 270 g/mol. The van der Waals surface area contributed by atoms with Crippen LogP contribution in [0, 0.1) is 0 Å². The highest BCUT2D eigenvalue weighted by Crippen LogP contribution is 2.30. The van der Waals surface area contributed by atoms with Gasteiger partial charge in [-0.05, 0) is 44.9 Å². The first-order valence-electron chi connectivity index (χ1n) is 7.09. The number of benzene rings is 1. The quantitative estimate of drug-likeness (QED) is 0.810. The molecule has 1 amide bonds. The zero-order valence-corrected chi connectivity index (χ0v) is 13.4. The maximum absolute atomic E-state index is 11.8. The maximum atomic E-state index is 11.8. The van der Waals surface area contributed by atoms with E-state index in [4.69, 9.17) is 9.47 Å². The van der Waals surface area contributed by atoms with Crippen molar-refractivity contribution in [2.45, 2.75) is 45.8 Å². The van der Waals surface area contributed by atoms with Gasteiger partial charge >= 0.3 is 0 Å². The lowest BCUT2D eigenvalue weighted by molar-refractivity contribution is -0.124. The van der Waals surface area contributed by atoms with Crippen molar-refractivity contribution in [1.82, 2.24) is 5.32 Å². The summed E-state index contributed by atoms with van der Waals surface area (Å²) < 4.78 is 10.7. The van der Waals surface area contributed by atoms with Crippen molar-refractivity contribution >= 4 is 5.91 Å². The van der Waals surface area contributed by atoms with E-state index < -0.39 is 6.10 Å². The molecule has 5 heteroatoms. The van der Waals surface area contributed by atoms with Gasteiger partial charge in [-0.15, -0.1) is 0 Å². The van der Waals surface area contributed by atoms with Gasteiger partial charge in [0.2, 0.25) is 0 Å². The highest BCUT2D eigenvalue weighted by atomic mass is 16.5. The molecule has 1 aromatic rings. The smallest absolute Gasteiger partial charge is 0.258 e. The van der Waals surface area contributed by atoms with E-state index in [1.807, 2.05) is 20.8 Å². The van der Waals surface area contributed by atoms with E-state index in [9.17, 15) is 9.90 Å². The fourth-order valence-electron chi connectivity index (χ4n) is 1.71. The van der Waals surface area contributed by atoms with Gasteiger partial charge in [0.25, 0.3) is 5.91 Å². The molecule has 0 bridgehead atoms. The summed E-state index contributed by atoms with van der Waals surface area (Å²) in [5.41, 5.74) is 0.483. The summed E-state index contributed by atoms with van der Waals surface area (Å²) in [5, 5.41) is 12.4. The first kappa shape index (κ1) is 17.3. The van der Waals surface area contributed by atoms with Crippen LogP contribution in [0.2, 0.25) is 0 Å². The predicted molar refractivity (Wildman–Crippen MR) is 81.6 cm³/mol. The van der Waals surface area contributed by atoms with Crippen LogP contribution in [0.15, 0.2) is 18.2 Å². The van der Waals surface area contributed by atoms with Gasteiger partial charge in [0.15, 0.2) is 18.1 Å². The van der Waals surface area contributed by atoms with Gasteiger partial charge in [0, 0.05) is 5.54 Å². The third-order valence-electron chi connectivity index (χ3n) is 3.39. The van der Waals surface area contributed by atoms with E-state index in [1.54, 1.807) is 25.1 Å². The van der Waals surface area contributed by atoms with Crippen LogP contribution in [0.3, 0.4) is 0 Å². The fraction of sp³-hybridized carbons (Fsp3) is 0.562. The van der Waals surface area contributed by atoms with Crippen molar-refractivity contribution in [3.63, 3.8) is 0 Å². The van der Waals surface area contributed by atoms with Crippen LogP contribution in [0.25, 0.3) is 0 Å². The number of nitrogens with one attached hydrogen (secondary N) is 1.